The minimum Gasteiger partial charge on any atom is -0.490 e. The topological polar surface area (TPSA) is 89.7 Å². The molecule has 0 amide bonds. The molecule has 0 bridgehead atoms. The van der Waals surface area contributed by atoms with E-state index in [1.54, 1.807) is 18.3 Å². The number of H-pyrrole nitrogens is 1. The molecule has 8 heteroatoms. The van der Waals surface area contributed by atoms with Crippen LogP contribution in [0.2, 0.25) is 0 Å². The number of halogens is 2. The summed E-state index contributed by atoms with van der Waals surface area (Å²) in [6.07, 6.45) is 1.02. The third-order valence-electron chi connectivity index (χ3n) is 4.12. The molecule has 0 unspecified atom stereocenters. The van der Waals surface area contributed by atoms with Crippen molar-refractivity contribution in [1.82, 2.24) is 19.9 Å². The summed E-state index contributed by atoms with van der Waals surface area (Å²) >= 11 is 0. The Bertz CT molecular complexity index is 923. The number of hydrogen-bond donors (Lipinski definition) is 2. The number of ether oxygens (including phenoxy) is 1. The molecule has 27 heavy (non-hydrogen) atoms. The van der Waals surface area contributed by atoms with Gasteiger partial charge in [-0.15, -0.1) is 0 Å². The van der Waals surface area contributed by atoms with Gasteiger partial charge in [0, 0.05) is 17.1 Å². The van der Waals surface area contributed by atoms with Crippen molar-refractivity contribution in [2.75, 3.05) is 6.61 Å². The van der Waals surface area contributed by atoms with Crippen molar-refractivity contribution >= 4 is 11.0 Å². The first-order valence-electron chi connectivity index (χ1n) is 8.76. The molecule has 0 spiro atoms. The molecule has 6 nitrogen and oxygen atoms in total. The first-order chi connectivity index (χ1) is 12.8. The minimum atomic E-state index is -2.78. The van der Waals surface area contributed by atoms with Gasteiger partial charge in [0.25, 0.3) is 6.43 Å². The zero-order valence-corrected chi connectivity index (χ0v) is 15.5. The number of nitrogens with zero attached hydrogens (tertiary/aromatic N) is 3. The van der Waals surface area contributed by atoms with E-state index in [1.165, 1.54) is 12.4 Å². The van der Waals surface area contributed by atoms with Gasteiger partial charge in [0.1, 0.15) is 35.7 Å². The summed E-state index contributed by atoms with van der Waals surface area (Å²) in [5.74, 6) is 0.411. The minimum absolute atomic E-state index is 0.0357. The summed E-state index contributed by atoms with van der Waals surface area (Å²) in [6, 6.07) is 4.90. The molecule has 3 aromatic rings. The van der Waals surface area contributed by atoms with Crippen LogP contribution in [0.3, 0.4) is 0 Å². The predicted molar refractivity (Wildman–Crippen MR) is 99.6 cm³/mol. The van der Waals surface area contributed by atoms with Crippen LogP contribution in [0.1, 0.15) is 39.3 Å². The third-order valence-corrected chi connectivity index (χ3v) is 4.12. The Morgan fingerprint density at radius 3 is 2.70 bits per heavy atom. The van der Waals surface area contributed by atoms with Crippen LogP contribution in [0.5, 0.6) is 5.75 Å². The molecule has 0 saturated heterocycles. The molecule has 0 fully saturated rings. The molecule has 0 aliphatic heterocycles. The number of alkyl halides is 2. The molecule has 3 rings (SSSR count). The molecule has 0 aliphatic carbocycles. The monoisotopic (exact) mass is 375 g/mol. The number of pyridine rings is 1. The second-order valence-electron chi connectivity index (χ2n) is 7.38. The summed E-state index contributed by atoms with van der Waals surface area (Å²) in [5, 5.41) is 0.713. The van der Waals surface area contributed by atoms with Crippen molar-refractivity contribution < 1.29 is 13.5 Å². The van der Waals surface area contributed by atoms with E-state index < -0.39 is 17.7 Å². The fourth-order valence-electron chi connectivity index (χ4n) is 3.18. The Kier molecular flexibility index (Phi) is 5.36. The fourth-order valence-corrected chi connectivity index (χ4v) is 3.18. The van der Waals surface area contributed by atoms with E-state index in [1.807, 2.05) is 6.92 Å². The zero-order chi connectivity index (χ0) is 19.6. The number of hydrogen-bond acceptors (Lipinski definition) is 5. The van der Waals surface area contributed by atoms with Crippen LogP contribution in [-0.4, -0.2) is 32.1 Å². The molecule has 3 heterocycles. The van der Waals surface area contributed by atoms with E-state index >= 15 is 0 Å². The Hall–Kier alpha value is -2.61. The average Bonchev–Trinajstić information content (AvgIpc) is 3.07. The van der Waals surface area contributed by atoms with Gasteiger partial charge in [0.05, 0.1) is 5.69 Å². The number of nitrogens with two attached hydrogens (primary N) is 1. The van der Waals surface area contributed by atoms with E-state index in [4.69, 9.17) is 10.5 Å². The van der Waals surface area contributed by atoms with E-state index in [-0.39, 0.29) is 12.4 Å². The highest BCUT2D eigenvalue weighted by molar-refractivity contribution is 5.89. The summed E-state index contributed by atoms with van der Waals surface area (Å²) in [6.45, 7) is 6.08. The molecule has 1 atom stereocenters. The highest BCUT2D eigenvalue weighted by Crippen LogP contribution is 2.32. The zero-order valence-electron chi connectivity index (χ0n) is 15.5. The molecule has 3 N–H and O–H groups in total. The van der Waals surface area contributed by atoms with Gasteiger partial charge >= 0.3 is 0 Å². The van der Waals surface area contributed by atoms with Gasteiger partial charge in [-0.2, -0.15) is 0 Å². The lowest BCUT2D eigenvalue weighted by molar-refractivity contribution is 0.134. The molecule has 3 aromatic heterocycles. The quantitative estimate of drug-likeness (QED) is 0.649. The van der Waals surface area contributed by atoms with Gasteiger partial charge in [0.2, 0.25) is 0 Å². The number of nitrogens with one attached hydrogen (secondary N) is 1. The van der Waals surface area contributed by atoms with E-state index in [0.29, 0.717) is 28.3 Å². The van der Waals surface area contributed by atoms with Gasteiger partial charge in [-0.25, -0.2) is 23.7 Å². The van der Waals surface area contributed by atoms with E-state index in [2.05, 4.69) is 33.8 Å². The summed E-state index contributed by atoms with van der Waals surface area (Å²) in [4.78, 5) is 15.4. The van der Waals surface area contributed by atoms with Gasteiger partial charge in [-0.05, 0) is 37.5 Å². The lowest BCUT2D eigenvalue weighted by Crippen LogP contribution is -2.43. The summed E-state index contributed by atoms with van der Waals surface area (Å²) in [5.41, 5.74) is 6.61. The number of rotatable bonds is 7. The predicted octanol–water partition coefficient (Wildman–Crippen LogP) is 4.10. The molecular weight excluding hydrogens is 352 g/mol. The van der Waals surface area contributed by atoms with Crippen LogP contribution in [0, 0.1) is 5.92 Å². The smallest absolute Gasteiger partial charge is 0.284 e. The van der Waals surface area contributed by atoms with Crippen LogP contribution in [0.4, 0.5) is 8.78 Å². The Morgan fingerprint density at radius 2 is 2.00 bits per heavy atom. The number of aromatic amines is 1. The first kappa shape index (κ1) is 19.2. The molecule has 144 valence electrons. The van der Waals surface area contributed by atoms with Crippen LogP contribution in [0.15, 0.2) is 30.7 Å². The molecule has 0 radical (unpaired) electrons. The number of aromatic nitrogens is 4. The van der Waals surface area contributed by atoms with Crippen LogP contribution in [0.25, 0.3) is 22.4 Å². The van der Waals surface area contributed by atoms with E-state index in [9.17, 15) is 8.78 Å². The number of fused-ring (bicyclic) bond motifs is 1. The second-order valence-corrected chi connectivity index (χ2v) is 7.38. The van der Waals surface area contributed by atoms with Crippen molar-refractivity contribution in [3.8, 4) is 17.1 Å². The SMILES string of the molecule is CC(C)C[C@](C)(N)COc1ccc(-c2ncnc3[nH]ccc23)nc1C(F)F. The third kappa shape index (κ3) is 4.39. The van der Waals surface area contributed by atoms with Gasteiger partial charge in [-0.3, -0.25) is 0 Å². The van der Waals surface area contributed by atoms with Crippen molar-refractivity contribution in [3.05, 3.63) is 36.4 Å². The van der Waals surface area contributed by atoms with Crippen molar-refractivity contribution in [2.24, 2.45) is 11.7 Å². The van der Waals surface area contributed by atoms with Crippen molar-refractivity contribution in [2.45, 2.75) is 39.2 Å². The van der Waals surface area contributed by atoms with Crippen LogP contribution in [-0.2, 0) is 0 Å². The second kappa shape index (κ2) is 7.56. The summed E-state index contributed by atoms with van der Waals surface area (Å²) < 4.78 is 32.8. The maximum atomic E-state index is 13.6. The average molecular weight is 375 g/mol. The molecule has 0 aliphatic rings. The molecular formula is C19H23F2N5O. The fraction of sp³-hybridized carbons (Fsp3) is 0.421. The highest BCUT2D eigenvalue weighted by atomic mass is 19.3. The van der Waals surface area contributed by atoms with Crippen LogP contribution >= 0.6 is 0 Å². The molecule has 0 saturated carbocycles. The Balaban J connectivity index is 1.91. The normalized spacial score (nSPS) is 14.1. The lowest BCUT2D eigenvalue weighted by Gasteiger charge is -2.27. The van der Waals surface area contributed by atoms with Gasteiger partial charge < -0.3 is 15.5 Å². The molecule has 0 aromatic carbocycles. The van der Waals surface area contributed by atoms with Crippen molar-refractivity contribution in [1.29, 1.82) is 0 Å². The largest absolute Gasteiger partial charge is 0.490 e. The first-order valence-corrected chi connectivity index (χ1v) is 8.76. The van der Waals surface area contributed by atoms with Gasteiger partial charge in [-0.1, -0.05) is 13.8 Å². The summed E-state index contributed by atoms with van der Waals surface area (Å²) in [7, 11) is 0. The van der Waals surface area contributed by atoms with Crippen LogP contribution < -0.4 is 10.5 Å². The van der Waals surface area contributed by atoms with Crippen molar-refractivity contribution in [3.63, 3.8) is 0 Å². The van der Waals surface area contributed by atoms with E-state index in [0.717, 1.165) is 6.42 Å². The highest BCUT2D eigenvalue weighted by Gasteiger charge is 2.24. The Labute approximate surface area is 156 Å². The lowest BCUT2D eigenvalue weighted by atomic mass is 9.93. The Morgan fingerprint density at radius 1 is 1.22 bits per heavy atom. The maximum Gasteiger partial charge on any atom is 0.284 e. The standard InChI is InChI=1S/C19H23F2N5O/c1-11(2)8-19(3,22)9-27-14-5-4-13(26-16(14)17(20)21)15-12-6-7-23-18(12)25-10-24-15/h4-7,10-11,17H,8-9,22H2,1-3H3,(H,23,24,25)/t19-/m0/s1. The van der Waals surface area contributed by atoms with Gasteiger partial charge in [0.15, 0.2) is 0 Å². The maximum absolute atomic E-state index is 13.6.